The van der Waals surface area contributed by atoms with Crippen LogP contribution in [-0.4, -0.2) is 24.1 Å². The van der Waals surface area contributed by atoms with Gasteiger partial charge in [-0.2, -0.15) is 18.2 Å². The minimum atomic E-state index is -3.88. The van der Waals surface area contributed by atoms with Gasteiger partial charge >= 0.3 is 0 Å². The zero-order valence-electron chi connectivity index (χ0n) is 18.2. The molecule has 0 saturated heterocycles. The van der Waals surface area contributed by atoms with Gasteiger partial charge < -0.3 is 5.32 Å². The topological polar surface area (TPSA) is 105 Å². The number of aromatic nitrogens is 2. The first-order chi connectivity index (χ1) is 16.1. The molecule has 176 valence electrons. The van der Waals surface area contributed by atoms with Crippen molar-refractivity contribution in [2.24, 2.45) is 7.05 Å². The maximum absolute atomic E-state index is 13.4. The fraction of sp³-hybridized carbons (Fsp3) is 0.130. The Morgan fingerprint density at radius 3 is 2.47 bits per heavy atom. The van der Waals surface area contributed by atoms with Crippen LogP contribution in [0.4, 0.5) is 15.8 Å². The summed E-state index contributed by atoms with van der Waals surface area (Å²) in [5, 5.41) is 7.39. The maximum Gasteiger partial charge on any atom is 0.299 e. The molecule has 0 aliphatic carbocycles. The van der Waals surface area contributed by atoms with E-state index in [1.807, 2.05) is 30.3 Å². The van der Waals surface area contributed by atoms with Crippen LogP contribution in [0.1, 0.15) is 29.0 Å². The molecule has 0 radical (unpaired) electrons. The summed E-state index contributed by atoms with van der Waals surface area (Å²) < 4.78 is 45.0. The Kier molecular flexibility index (Phi) is 6.56. The molecule has 3 N–H and O–H groups in total. The van der Waals surface area contributed by atoms with E-state index in [0.717, 1.165) is 11.6 Å². The second-order valence-electron chi connectivity index (χ2n) is 7.64. The standard InChI is InChI=1S/C23H21ClFN5O3S/c1-14(15-6-4-3-5-7-15)28-34(32,33)29-17-8-10-18-21(13-17)27-30(2)22(18)23(31)26-16-9-11-20(25)19(24)12-16/h3-14,28-29H,1-2H3,(H,26,31)/t14-/m1/s1. The Balaban J connectivity index is 1.53. The molecule has 34 heavy (non-hydrogen) atoms. The molecule has 4 rings (SSSR count). The fourth-order valence-corrected chi connectivity index (χ4v) is 4.80. The van der Waals surface area contributed by atoms with E-state index in [-0.39, 0.29) is 16.4 Å². The Bertz CT molecular complexity index is 1470. The minimum absolute atomic E-state index is 0.111. The van der Waals surface area contributed by atoms with Crippen LogP contribution in [0.25, 0.3) is 10.9 Å². The van der Waals surface area contributed by atoms with Crippen LogP contribution in [0.3, 0.4) is 0 Å². The highest BCUT2D eigenvalue weighted by Crippen LogP contribution is 2.25. The number of halogens is 2. The lowest BCUT2D eigenvalue weighted by Crippen LogP contribution is -2.32. The van der Waals surface area contributed by atoms with E-state index >= 15 is 0 Å². The highest BCUT2D eigenvalue weighted by atomic mass is 35.5. The van der Waals surface area contributed by atoms with Crippen LogP contribution in [0.2, 0.25) is 5.02 Å². The number of nitrogens with one attached hydrogen (secondary N) is 3. The zero-order valence-corrected chi connectivity index (χ0v) is 19.8. The first kappa shape index (κ1) is 23.7. The lowest BCUT2D eigenvalue weighted by Gasteiger charge is -2.15. The van der Waals surface area contributed by atoms with Gasteiger partial charge in [0.25, 0.3) is 16.1 Å². The predicted octanol–water partition coefficient (Wildman–Crippen LogP) is 4.63. The molecule has 0 saturated carbocycles. The molecule has 0 bridgehead atoms. The van der Waals surface area contributed by atoms with E-state index in [1.165, 1.54) is 22.9 Å². The second kappa shape index (κ2) is 9.41. The lowest BCUT2D eigenvalue weighted by atomic mass is 10.1. The zero-order chi connectivity index (χ0) is 24.5. The third-order valence-corrected chi connectivity index (χ3v) is 6.57. The average Bonchev–Trinajstić information content (AvgIpc) is 3.11. The van der Waals surface area contributed by atoms with Crippen molar-refractivity contribution in [3.63, 3.8) is 0 Å². The van der Waals surface area contributed by atoms with Crippen LogP contribution in [-0.2, 0) is 17.3 Å². The van der Waals surface area contributed by atoms with Crippen molar-refractivity contribution in [3.05, 3.63) is 88.8 Å². The second-order valence-corrected chi connectivity index (χ2v) is 9.50. The van der Waals surface area contributed by atoms with Gasteiger partial charge in [-0.3, -0.25) is 14.2 Å². The lowest BCUT2D eigenvalue weighted by molar-refractivity contribution is 0.101. The average molecular weight is 502 g/mol. The predicted molar refractivity (Wildman–Crippen MR) is 131 cm³/mol. The molecule has 0 spiro atoms. The molecule has 1 heterocycles. The van der Waals surface area contributed by atoms with Crippen molar-refractivity contribution in [3.8, 4) is 0 Å². The summed E-state index contributed by atoms with van der Waals surface area (Å²) in [7, 11) is -2.28. The molecule has 11 heteroatoms. The van der Waals surface area contributed by atoms with E-state index in [2.05, 4.69) is 19.9 Å². The van der Waals surface area contributed by atoms with Gasteiger partial charge in [0.15, 0.2) is 0 Å². The summed E-state index contributed by atoms with van der Waals surface area (Å²) >= 11 is 5.78. The number of carbonyl (C=O) groups is 1. The van der Waals surface area contributed by atoms with Gasteiger partial charge in [0.1, 0.15) is 11.5 Å². The SMILES string of the molecule is C[C@@H](NS(=O)(=O)Nc1ccc2c(C(=O)Nc3ccc(F)c(Cl)c3)n(C)nc2c1)c1ccccc1. The number of rotatable bonds is 7. The van der Waals surface area contributed by atoms with Gasteiger partial charge in [-0.05, 0) is 48.9 Å². The van der Waals surface area contributed by atoms with Gasteiger partial charge in [0, 0.05) is 24.2 Å². The Morgan fingerprint density at radius 2 is 1.76 bits per heavy atom. The number of benzene rings is 3. The molecule has 0 aliphatic heterocycles. The van der Waals surface area contributed by atoms with Crippen molar-refractivity contribution in [2.45, 2.75) is 13.0 Å². The van der Waals surface area contributed by atoms with E-state index < -0.39 is 28.0 Å². The van der Waals surface area contributed by atoms with Gasteiger partial charge in [-0.25, -0.2) is 4.39 Å². The Hall–Kier alpha value is -3.47. The molecular formula is C23H21ClFN5O3S. The van der Waals surface area contributed by atoms with E-state index in [9.17, 15) is 17.6 Å². The van der Waals surface area contributed by atoms with Gasteiger partial charge in [0.05, 0.1) is 16.2 Å². The van der Waals surface area contributed by atoms with Gasteiger partial charge in [-0.15, -0.1) is 0 Å². The first-order valence-electron chi connectivity index (χ1n) is 10.2. The molecule has 0 aliphatic rings. The van der Waals surface area contributed by atoms with Crippen LogP contribution in [0.5, 0.6) is 0 Å². The molecule has 4 aromatic rings. The Morgan fingerprint density at radius 1 is 1.06 bits per heavy atom. The van der Waals surface area contributed by atoms with Crippen LogP contribution >= 0.6 is 11.6 Å². The summed E-state index contributed by atoms with van der Waals surface area (Å²) in [5.41, 5.74) is 2.11. The number of carbonyl (C=O) groups excluding carboxylic acids is 1. The van der Waals surface area contributed by atoms with Crippen LogP contribution in [0, 0.1) is 5.82 Å². The van der Waals surface area contributed by atoms with Crippen LogP contribution < -0.4 is 14.8 Å². The normalized spacial score (nSPS) is 12.5. The molecule has 1 aromatic heterocycles. The molecule has 0 unspecified atom stereocenters. The number of fused-ring (bicyclic) bond motifs is 1. The summed E-state index contributed by atoms with van der Waals surface area (Å²) in [6.07, 6.45) is 0. The van der Waals surface area contributed by atoms with Crippen LogP contribution in [0.15, 0.2) is 66.7 Å². The highest BCUT2D eigenvalue weighted by Gasteiger charge is 2.20. The van der Waals surface area contributed by atoms with E-state index in [1.54, 1.807) is 26.1 Å². The molecule has 1 amide bonds. The largest absolute Gasteiger partial charge is 0.321 e. The number of hydrogen-bond donors (Lipinski definition) is 3. The third-order valence-electron chi connectivity index (χ3n) is 5.11. The van der Waals surface area contributed by atoms with E-state index in [4.69, 9.17) is 11.6 Å². The molecule has 3 aromatic carbocycles. The van der Waals surface area contributed by atoms with Crippen molar-refractivity contribution >= 4 is 50.0 Å². The monoisotopic (exact) mass is 501 g/mol. The summed E-state index contributed by atoms with van der Waals surface area (Å²) in [6, 6.07) is 17.3. The number of amides is 1. The molecule has 0 fully saturated rings. The molecule has 8 nitrogen and oxygen atoms in total. The maximum atomic E-state index is 13.4. The molecule has 1 atom stereocenters. The quantitative estimate of drug-likeness (QED) is 0.343. The van der Waals surface area contributed by atoms with E-state index in [0.29, 0.717) is 16.6 Å². The number of anilines is 2. The number of hydrogen-bond acceptors (Lipinski definition) is 4. The number of nitrogens with zero attached hydrogens (tertiary/aromatic N) is 2. The minimum Gasteiger partial charge on any atom is -0.321 e. The van der Waals surface area contributed by atoms with Crippen molar-refractivity contribution < 1.29 is 17.6 Å². The van der Waals surface area contributed by atoms with Crippen molar-refractivity contribution in [1.82, 2.24) is 14.5 Å². The smallest absolute Gasteiger partial charge is 0.299 e. The Labute approximate surface area is 200 Å². The molecular weight excluding hydrogens is 481 g/mol. The van der Waals surface area contributed by atoms with Gasteiger partial charge in [0.2, 0.25) is 0 Å². The summed E-state index contributed by atoms with van der Waals surface area (Å²) in [4.78, 5) is 12.8. The summed E-state index contributed by atoms with van der Waals surface area (Å²) in [6.45, 7) is 1.75. The van der Waals surface area contributed by atoms with Gasteiger partial charge in [-0.1, -0.05) is 41.9 Å². The van der Waals surface area contributed by atoms with Crippen molar-refractivity contribution in [2.75, 3.05) is 10.0 Å². The number of aryl methyl sites for hydroxylation is 1. The third kappa shape index (κ3) is 5.19. The van der Waals surface area contributed by atoms with Crippen molar-refractivity contribution in [1.29, 1.82) is 0 Å². The fourth-order valence-electron chi connectivity index (χ4n) is 3.52. The first-order valence-corrected chi connectivity index (χ1v) is 12.1. The highest BCUT2D eigenvalue weighted by molar-refractivity contribution is 7.90. The summed E-state index contributed by atoms with van der Waals surface area (Å²) in [5.74, 6) is -1.06.